The number of hydrogen-bond donors (Lipinski definition) is 2. The Morgan fingerprint density at radius 3 is 2.66 bits per heavy atom. The number of ether oxygens (including phenoxy) is 1. The smallest absolute Gasteiger partial charge is 0.292 e. The molecule has 3 N–H and O–H groups in total. The van der Waals surface area contributed by atoms with E-state index in [1.807, 2.05) is 0 Å². The van der Waals surface area contributed by atoms with Crippen molar-refractivity contribution in [3.8, 4) is 11.6 Å². The molecule has 3 heterocycles. The van der Waals surface area contributed by atoms with E-state index in [9.17, 15) is 9.18 Å². The number of nitrogens with two attached hydrogens (primary N) is 1. The summed E-state index contributed by atoms with van der Waals surface area (Å²) in [5.74, 6) is -0.224. The van der Waals surface area contributed by atoms with Crippen LogP contribution in [0, 0.1) is 5.82 Å². The number of hydrogen-bond acceptors (Lipinski definition) is 10. The van der Waals surface area contributed by atoms with Gasteiger partial charge in [0.05, 0.1) is 6.21 Å². The van der Waals surface area contributed by atoms with Crippen molar-refractivity contribution in [3.05, 3.63) is 76.9 Å². The van der Waals surface area contributed by atoms with E-state index in [0.29, 0.717) is 29.1 Å². The summed E-state index contributed by atoms with van der Waals surface area (Å²) in [6.45, 7) is 2.40. The molecular formula is C25H26FN9O3. The lowest BCUT2D eigenvalue weighted by molar-refractivity contribution is 0.0944. The zero-order valence-electron chi connectivity index (χ0n) is 20.5. The highest BCUT2D eigenvalue weighted by Crippen LogP contribution is 2.19. The summed E-state index contributed by atoms with van der Waals surface area (Å²) in [4.78, 5) is 15.4. The van der Waals surface area contributed by atoms with Crippen LogP contribution < -0.4 is 15.9 Å². The Bertz CT molecular complexity index is 1410. The average Bonchev–Trinajstić information content (AvgIpc) is 3.55. The number of aromatic nitrogens is 5. The summed E-state index contributed by atoms with van der Waals surface area (Å²) in [6, 6.07) is 13.5. The Kier molecular flexibility index (Phi) is 7.64. The maximum Gasteiger partial charge on any atom is 0.292 e. The fourth-order valence-electron chi connectivity index (χ4n) is 4.11. The highest BCUT2D eigenvalue weighted by Gasteiger charge is 2.26. The van der Waals surface area contributed by atoms with Crippen molar-refractivity contribution in [2.45, 2.75) is 32.4 Å². The third-order valence-electron chi connectivity index (χ3n) is 6.09. The first kappa shape index (κ1) is 25.0. The normalized spacial score (nSPS) is 14.1. The van der Waals surface area contributed by atoms with Gasteiger partial charge in [0.2, 0.25) is 11.6 Å². The molecule has 1 fully saturated rings. The van der Waals surface area contributed by atoms with E-state index in [0.717, 1.165) is 25.9 Å². The van der Waals surface area contributed by atoms with Gasteiger partial charge in [-0.25, -0.2) is 14.4 Å². The molecule has 13 heteroatoms. The summed E-state index contributed by atoms with van der Waals surface area (Å²) in [6.07, 6.45) is 4.86. The maximum atomic E-state index is 13.8. The molecule has 0 saturated carbocycles. The molecule has 0 aliphatic carbocycles. The van der Waals surface area contributed by atoms with Crippen LogP contribution in [0.3, 0.4) is 0 Å². The molecule has 12 nitrogen and oxygen atoms in total. The van der Waals surface area contributed by atoms with Gasteiger partial charge in [-0.3, -0.25) is 9.69 Å². The van der Waals surface area contributed by atoms with Crippen molar-refractivity contribution in [3.63, 3.8) is 0 Å². The number of benzene rings is 2. The van der Waals surface area contributed by atoms with Gasteiger partial charge >= 0.3 is 0 Å². The van der Waals surface area contributed by atoms with E-state index < -0.39 is 5.91 Å². The summed E-state index contributed by atoms with van der Waals surface area (Å²) in [5.41, 5.74) is 10.2. The van der Waals surface area contributed by atoms with Crippen LogP contribution in [0.5, 0.6) is 5.75 Å². The molecule has 1 amide bonds. The van der Waals surface area contributed by atoms with Crippen LogP contribution in [-0.4, -0.2) is 55.4 Å². The molecule has 5 rings (SSSR count). The van der Waals surface area contributed by atoms with Gasteiger partial charge in [-0.2, -0.15) is 9.78 Å². The van der Waals surface area contributed by atoms with Gasteiger partial charge in [0.15, 0.2) is 5.69 Å². The standard InChI is InChI=1S/C25H26FN9O3/c26-20-7-3-2-6-18(20)16-37-19-10-8-17(9-11-19)14-28-30-25(36)22-21(15-34-12-4-1-5-13-34)29-33-35(22)24-23(27)31-38-32-24/h2-3,6-11,14H,1,4-5,12-13,15-16H2,(H2,27,31)(H,30,36). The number of carbonyl (C=O) groups excluding carboxylic acids is 1. The molecule has 1 aliphatic rings. The Morgan fingerprint density at radius 1 is 1.13 bits per heavy atom. The fourth-order valence-corrected chi connectivity index (χ4v) is 4.11. The Morgan fingerprint density at radius 2 is 1.92 bits per heavy atom. The number of nitrogens with one attached hydrogen (secondary N) is 1. The molecule has 2 aromatic heterocycles. The van der Waals surface area contributed by atoms with Crippen LogP contribution in [0.25, 0.3) is 5.82 Å². The molecule has 196 valence electrons. The summed E-state index contributed by atoms with van der Waals surface area (Å²) in [5, 5.41) is 19.7. The van der Waals surface area contributed by atoms with Gasteiger partial charge in [-0.05, 0) is 72.1 Å². The van der Waals surface area contributed by atoms with E-state index in [4.69, 9.17) is 10.5 Å². The van der Waals surface area contributed by atoms with Crippen molar-refractivity contribution >= 4 is 17.9 Å². The van der Waals surface area contributed by atoms with Crippen molar-refractivity contribution in [1.29, 1.82) is 0 Å². The lowest BCUT2D eigenvalue weighted by Gasteiger charge is -2.25. The minimum absolute atomic E-state index is 0.0192. The van der Waals surface area contributed by atoms with Gasteiger partial charge in [0.25, 0.3) is 5.91 Å². The molecular weight excluding hydrogens is 493 g/mol. The van der Waals surface area contributed by atoms with E-state index in [2.05, 4.69) is 40.7 Å². The highest BCUT2D eigenvalue weighted by molar-refractivity contribution is 5.95. The maximum absolute atomic E-state index is 13.8. The number of halogens is 1. The molecule has 2 aromatic carbocycles. The quantitative estimate of drug-likeness (QED) is 0.251. The van der Waals surface area contributed by atoms with Crippen LogP contribution in [0.4, 0.5) is 10.2 Å². The summed E-state index contributed by atoms with van der Waals surface area (Å²) < 4.78 is 25.3. The topological polar surface area (TPSA) is 150 Å². The van der Waals surface area contributed by atoms with Crippen molar-refractivity contribution in [2.75, 3.05) is 18.8 Å². The molecule has 1 aliphatic heterocycles. The van der Waals surface area contributed by atoms with E-state index >= 15 is 0 Å². The van der Waals surface area contributed by atoms with E-state index in [-0.39, 0.29) is 29.8 Å². The Hall–Kier alpha value is -4.65. The first-order chi connectivity index (χ1) is 18.6. The second-order valence-corrected chi connectivity index (χ2v) is 8.75. The first-order valence-corrected chi connectivity index (χ1v) is 12.1. The zero-order valence-corrected chi connectivity index (χ0v) is 20.5. The van der Waals surface area contributed by atoms with E-state index in [1.165, 1.54) is 23.4 Å². The first-order valence-electron chi connectivity index (χ1n) is 12.1. The molecule has 1 saturated heterocycles. The van der Waals surface area contributed by atoms with Gasteiger partial charge in [-0.1, -0.05) is 29.8 Å². The molecule has 0 atom stereocenters. The Balaban J connectivity index is 1.26. The number of carbonyl (C=O) groups is 1. The molecule has 0 unspecified atom stereocenters. The lowest BCUT2D eigenvalue weighted by atomic mass is 10.1. The number of nitrogens with zero attached hydrogens (tertiary/aromatic N) is 7. The molecule has 0 bridgehead atoms. The van der Waals surface area contributed by atoms with Gasteiger partial charge in [0.1, 0.15) is 23.9 Å². The number of likely N-dealkylation sites (tertiary alicyclic amines) is 1. The molecule has 0 radical (unpaired) electrons. The van der Waals surface area contributed by atoms with Crippen molar-refractivity contribution < 1.29 is 18.6 Å². The predicted octanol–water partition coefficient (Wildman–Crippen LogP) is 2.70. The van der Waals surface area contributed by atoms with Crippen LogP contribution in [0.1, 0.15) is 46.6 Å². The summed E-state index contributed by atoms with van der Waals surface area (Å²) in [7, 11) is 0. The predicted molar refractivity (Wildman–Crippen MR) is 135 cm³/mol. The third-order valence-corrected chi connectivity index (χ3v) is 6.09. The van der Waals surface area contributed by atoms with Crippen LogP contribution in [0.15, 0.2) is 58.3 Å². The number of hydrazone groups is 1. The third kappa shape index (κ3) is 5.83. The number of piperidine rings is 1. The average molecular weight is 520 g/mol. The van der Waals surface area contributed by atoms with Crippen LogP contribution in [-0.2, 0) is 13.2 Å². The summed E-state index contributed by atoms with van der Waals surface area (Å²) >= 11 is 0. The number of rotatable bonds is 9. The molecule has 0 spiro atoms. The van der Waals surface area contributed by atoms with Gasteiger partial charge in [0, 0.05) is 12.1 Å². The minimum Gasteiger partial charge on any atom is -0.489 e. The van der Waals surface area contributed by atoms with E-state index in [1.54, 1.807) is 42.5 Å². The van der Waals surface area contributed by atoms with Crippen molar-refractivity contribution in [1.82, 2.24) is 35.6 Å². The number of amides is 1. The van der Waals surface area contributed by atoms with Crippen molar-refractivity contribution in [2.24, 2.45) is 5.10 Å². The second-order valence-electron chi connectivity index (χ2n) is 8.75. The molecule has 4 aromatic rings. The lowest BCUT2D eigenvalue weighted by Crippen LogP contribution is -2.31. The Labute approximate surface area is 217 Å². The van der Waals surface area contributed by atoms with Gasteiger partial charge < -0.3 is 10.5 Å². The largest absolute Gasteiger partial charge is 0.489 e. The minimum atomic E-state index is -0.537. The number of anilines is 1. The monoisotopic (exact) mass is 519 g/mol. The number of nitrogen functional groups attached to an aromatic ring is 1. The second kappa shape index (κ2) is 11.6. The highest BCUT2D eigenvalue weighted by atomic mass is 19.1. The zero-order chi connectivity index (χ0) is 26.3. The van der Waals surface area contributed by atoms with Gasteiger partial charge in [-0.15, -0.1) is 5.10 Å². The molecule has 38 heavy (non-hydrogen) atoms. The SMILES string of the molecule is Nc1nonc1-n1nnc(CN2CCCCC2)c1C(=O)NN=Cc1ccc(OCc2ccccc2F)cc1. The van der Waals surface area contributed by atoms with Crippen LogP contribution in [0.2, 0.25) is 0 Å². The fraction of sp³-hybridized carbons (Fsp3) is 0.280. The van der Waals surface area contributed by atoms with Crippen LogP contribution >= 0.6 is 0 Å².